The van der Waals surface area contributed by atoms with Gasteiger partial charge in [0.1, 0.15) is 5.69 Å². The molecule has 1 spiro atoms. The molecule has 2 amide bonds. The first-order valence-electron chi connectivity index (χ1n) is 27.1. The van der Waals surface area contributed by atoms with Crippen LogP contribution in [0.15, 0.2) is 60.7 Å². The summed E-state index contributed by atoms with van der Waals surface area (Å²) < 4.78 is 53.9. The fraction of sp³-hybridized carbons (Fsp3) is 0.586. The van der Waals surface area contributed by atoms with Crippen molar-refractivity contribution in [3.8, 4) is 0 Å². The Hall–Kier alpha value is -5.52. The predicted molar refractivity (Wildman–Crippen MR) is 283 cm³/mol. The molecule has 5 heterocycles. The van der Waals surface area contributed by atoms with E-state index < -0.39 is 67.8 Å². The van der Waals surface area contributed by atoms with Crippen molar-refractivity contribution < 1.29 is 56.5 Å². The highest BCUT2D eigenvalue weighted by atomic mass is 28.3. The summed E-state index contributed by atoms with van der Waals surface area (Å²) in [5, 5.41) is 0. The lowest BCUT2D eigenvalue weighted by Gasteiger charge is -2.39. The van der Waals surface area contributed by atoms with Gasteiger partial charge in [-0.3, -0.25) is 28.8 Å². The van der Waals surface area contributed by atoms with Gasteiger partial charge in [-0.05, 0) is 98.8 Å². The fourth-order valence-corrected chi connectivity index (χ4v) is 17.9. The van der Waals surface area contributed by atoms with E-state index in [1.807, 2.05) is 53.4 Å². The van der Waals surface area contributed by atoms with Crippen molar-refractivity contribution in [3.05, 3.63) is 94.6 Å². The molecular weight excluding hydrogens is 979 g/mol. The van der Waals surface area contributed by atoms with Gasteiger partial charge in [0.05, 0.1) is 83.3 Å². The molecule has 5 fully saturated rings. The maximum absolute atomic E-state index is 16.6. The Morgan fingerprint density at radius 3 is 1.37 bits per heavy atom. The second-order valence-corrected chi connectivity index (χ2v) is 26.8. The molecule has 3 aromatic rings. The summed E-state index contributed by atoms with van der Waals surface area (Å²) in [6.45, 7) is 5.62. The van der Waals surface area contributed by atoms with Crippen LogP contribution in [0.25, 0.3) is 0 Å². The van der Waals surface area contributed by atoms with Gasteiger partial charge in [0, 0.05) is 58.9 Å². The van der Waals surface area contributed by atoms with Gasteiger partial charge in [-0.25, -0.2) is 8.78 Å². The molecule has 0 saturated carbocycles. The topological polar surface area (TPSA) is 152 Å². The first-order chi connectivity index (χ1) is 36.1. The van der Waals surface area contributed by atoms with Crippen molar-refractivity contribution in [1.29, 1.82) is 0 Å². The molecule has 0 bridgehead atoms. The van der Waals surface area contributed by atoms with Gasteiger partial charge >= 0.3 is 11.9 Å². The van der Waals surface area contributed by atoms with Crippen LogP contribution in [-0.4, -0.2) is 132 Å². The monoisotopic (exact) mass is 1050 g/mol. The van der Waals surface area contributed by atoms with Crippen molar-refractivity contribution >= 4 is 54.8 Å². The summed E-state index contributed by atoms with van der Waals surface area (Å²) in [6, 6.07) is 21.5. The Morgan fingerprint density at radius 1 is 0.573 bits per heavy atom. The number of carbonyl (C=O) groups excluding carboxylic acids is 6. The average Bonchev–Trinajstić information content (AvgIpc) is 4.28. The summed E-state index contributed by atoms with van der Waals surface area (Å²) in [4.78, 5) is 87.3. The van der Waals surface area contributed by atoms with Crippen molar-refractivity contribution in [2.45, 2.75) is 151 Å². The van der Waals surface area contributed by atoms with Gasteiger partial charge in [-0.2, -0.15) is 0 Å². The van der Waals surface area contributed by atoms with Crippen LogP contribution in [0.5, 0.6) is 0 Å². The number of benzene rings is 3. The number of hydrogen-bond acceptors (Lipinski definition) is 12. The fourth-order valence-electron chi connectivity index (χ4n) is 12.9. The lowest BCUT2D eigenvalue weighted by molar-refractivity contribution is -0.151. The molecule has 3 aromatic carbocycles. The lowest BCUT2D eigenvalue weighted by atomic mass is 9.95. The van der Waals surface area contributed by atoms with Gasteiger partial charge in [0.25, 0.3) is 0 Å². The number of hydrogen-bond donors (Lipinski definition) is 0. The molecular formula is C58H76F2N4O10Si. The minimum atomic E-state index is -1.34. The zero-order chi connectivity index (χ0) is 53.6. The van der Waals surface area contributed by atoms with Crippen LogP contribution in [0.3, 0.4) is 0 Å². The molecule has 14 nitrogen and oxygen atoms in total. The van der Waals surface area contributed by atoms with E-state index in [0.29, 0.717) is 70.4 Å². The molecule has 5 aliphatic heterocycles. The number of methoxy groups -OCH3 is 4. The highest BCUT2D eigenvalue weighted by Gasteiger charge is 2.44. The first kappa shape index (κ1) is 55.7. The molecule has 5 aliphatic rings. The van der Waals surface area contributed by atoms with Gasteiger partial charge in [-0.1, -0.05) is 73.5 Å². The average molecular weight is 1060 g/mol. The molecule has 0 aliphatic carbocycles. The van der Waals surface area contributed by atoms with Crippen LogP contribution in [0, 0.1) is 23.5 Å². The molecule has 75 heavy (non-hydrogen) atoms. The van der Waals surface area contributed by atoms with Crippen molar-refractivity contribution in [2.24, 2.45) is 11.8 Å². The molecule has 406 valence electrons. The highest BCUT2D eigenvalue weighted by molar-refractivity contribution is 6.80. The Kier molecular flexibility index (Phi) is 18.3. The van der Waals surface area contributed by atoms with Crippen molar-refractivity contribution in [2.75, 3.05) is 64.4 Å². The quantitative estimate of drug-likeness (QED) is 0.0786. The third-order valence-electron chi connectivity index (χ3n) is 17.5. The zero-order valence-electron chi connectivity index (χ0n) is 44.7. The molecule has 17 heteroatoms. The smallest absolute Gasteiger partial charge is 0.306 e. The van der Waals surface area contributed by atoms with E-state index in [2.05, 4.69) is 4.90 Å². The summed E-state index contributed by atoms with van der Waals surface area (Å²) in [5.41, 5.74) is 3.85. The number of esters is 2. The van der Waals surface area contributed by atoms with Gasteiger partial charge < -0.3 is 38.5 Å². The van der Waals surface area contributed by atoms with Crippen LogP contribution in [0.2, 0.25) is 24.2 Å². The summed E-state index contributed by atoms with van der Waals surface area (Å²) in [5.74, 6) is -4.60. The zero-order valence-corrected chi connectivity index (χ0v) is 45.7. The van der Waals surface area contributed by atoms with Crippen LogP contribution in [0.4, 0.5) is 20.2 Å². The highest BCUT2D eigenvalue weighted by Crippen LogP contribution is 2.49. The molecule has 0 radical (unpaired) electrons. The second-order valence-electron chi connectivity index (χ2n) is 21.8. The molecule has 8 atom stereocenters. The Labute approximate surface area is 441 Å². The van der Waals surface area contributed by atoms with E-state index in [1.54, 1.807) is 23.6 Å². The van der Waals surface area contributed by atoms with E-state index in [1.165, 1.54) is 65.5 Å². The summed E-state index contributed by atoms with van der Waals surface area (Å²) in [7, 11) is 4.17. The maximum atomic E-state index is 16.6. The predicted octanol–water partition coefficient (Wildman–Crippen LogP) is 8.74. The molecule has 5 saturated heterocycles. The minimum absolute atomic E-state index is 0.0420. The normalized spacial score (nSPS) is 23.0. The van der Waals surface area contributed by atoms with Crippen LogP contribution in [0.1, 0.15) is 112 Å². The van der Waals surface area contributed by atoms with Crippen molar-refractivity contribution in [3.63, 3.8) is 0 Å². The number of nitrogens with zero attached hydrogens (tertiary/aromatic N) is 4. The van der Waals surface area contributed by atoms with Crippen LogP contribution >= 0.6 is 0 Å². The lowest BCUT2D eigenvalue weighted by Crippen LogP contribution is -2.47. The van der Waals surface area contributed by atoms with Crippen molar-refractivity contribution in [1.82, 2.24) is 9.80 Å². The van der Waals surface area contributed by atoms with Gasteiger partial charge in [0.2, 0.25) is 11.8 Å². The SMILES string of the molecule is COC(=O)C[C@H](C(=O)N1CCC[C@H]1C(=O)Cc1ccc([C@@H]2CC[C@@H](c3ccc(CC(=O)[C@@H]4CCCN4C(=O)[C@@H](CC(=O)OC)[C@@H](C)OC)cc3)N2c2cc(F)c(N3CC[Si]4(CCCC4)CC3)c(F)c2)cc1)[C@@H](C)OC. The molecule has 0 N–H and O–H groups in total. The van der Waals surface area contributed by atoms with Gasteiger partial charge in [-0.15, -0.1) is 0 Å². The first-order valence-corrected chi connectivity index (χ1v) is 30.0. The third kappa shape index (κ3) is 12.4. The summed E-state index contributed by atoms with van der Waals surface area (Å²) in [6.07, 6.45) is 5.02. The number of ether oxygens (including phenoxy) is 4. The van der Waals surface area contributed by atoms with E-state index >= 15 is 8.78 Å². The minimum Gasteiger partial charge on any atom is -0.469 e. The molecule has 0 unspecified atom stereocenters. The summed E-state index contributed by atoms with van der Waals surface area (Å²) >= 11 is 0. The molecule has 8 rings (SSSR count). The largest absolute Gasteiger partial charge is 0.469 e. The van der Waals surface area contributed by atoms with E-state index in [9.17, 15) is 28.8 Å². The number of halogens is 2. The maximum Gasteiger partial charge on any atom is 0.306 e. The number of anilines is 2. The second kappa shape index (κ2) is 24.6. The van der Waals surface area contributed by atoms with E-state index in [0.717, 1.165) is 34.3 Å². The number of Topliss-reactive ketones (excluding diaryl/α,β-unsaturated/α-hetero) is 2. The molecule has 0 aromatic heterocycles. The number of amides is 2. The number of carbonyl (C=O) groups is 6. The number of likely N-dealkylation sites (tertiary alicyclic amines) is 2. The van der Waals surface area contributed by atoms with Gasteiger partial charge in [0.15, 0.2) is 23.2 Å². The van der Waals surface area contributed by atoms with E-state index in [4.69, 9.17) is 18.9 Å². The number of rotatable bonds is 20. The third-order valence-corrected chi connectivity index (χ3v) is 22.9. The number of ketones is 2. The van der Waals surface area contributed by atoms with Crippen LogP contribution < -0.4 is 9.80 Å². The Balaban J connectivity index is 1.01. The standard InChI is InChI=1S/C58H76F2N4O10Si/c1-37(71-3)44(35-54(67)73-5)57(69)62-23-9-11-50(62)52(65)31-39-13-17-41(18-14-39)48-21-22-49(64(48)43-33-46(59)56(47(60)34-43)61-25-29-75(30-26-61)27-7-8-28-75)42-19-15-40(16-20-42)32-53(66)51-12-10-24-63(51)58(70)45(38(2)72-4)36-55(68)74-6/h13-20,33-34,37-38,44-45,48-51H,7-12,21-32,35-36H2,1-6H3/t37-,38-,44+,45+,48+,49+,50+,51+/m1/s1. The Bertz CT molecular complexity index is 2380. The Morgan fingerprint density at radius 2 is 0.987 bits per heavy atom. The van der Waals surface area contributed by atoms with Crippen LogP contribution in [-0.2, 0) is 60.6 Å². The van der Waals surface area contributed by atoms with E-state index in [-0.39, 0.29) is 66.8 Å².